The average Bonchev–Trinajstić information content (AvgIpc) is 2.33. The van der Waals surface area contributed by atoms with Gasteiger partial charge < -0.3 is 5.11 Å². The number of fused-ring (bicyclic) bond motifs is 1. The summed E-state index contributed by atoms with van der Waals surface area (Å²) in [6.07, 6.45) is 8.69. The average molecular weight is 136 g/mol. The minimum atomic E-state index is 0.565. The first-order valence-electron chi connectivity index (χ1n) is 3.95. The van der Waals surface area contributed by atoms with E-state index in [2.05, 4.69) is 6.08 Å². The van der Waals surface area contributed by atoms with E-state index in [9.17, 15) is 5.11 Å². The van der Waals surface area contributed by atoms with Gasteiger partial charge in [-0.2, -0.15) is 0 Å². The van der Waals surface area contributed by atoms with Gasteiger partial charge in [0.05, 0.1) is 5.76 Å². The topological polar surface area (TPSA) is 20.2 Å². The van der Waals surface area contributed by atoms with E-state index in [1.54, 1.807) is 5.57 Å². The van der Waals surface area contributed by atoms with Gasteiger partial charge in [0.1, 0.15) is 0 Å². The van der Waals surface area contributed by atoms with E-state index in [1.165, 1.54) is 19.3 Å². The first kappa shape index (κ1) is 6.02. The molecule has 1 atom stereocenters. The lowest BCUT2D eigenvalue weighted by Crippen LogP contribution is -2.02. The monoisotopic (exact) mass is 136 g/mol. The maximum absolute atomic E-state index is 9.17. The zero-order chi connectivity index (χ0) is 6.97. The van der Waals surface area contributed by atoms with Crippen molar-refractivity contribution in [2.75, 3.05) is 0 Å². The van der Waals surface area contributed by atoms with Crippen molar-refractivity contribution in [2.24, 2.45) is 5.92 Å². The third-order valence-electron chi connectivity index (χ3n) is 2.49. The number of rotatable bonds is 0. The highest BCUT2D eigenvalue weighted by atomic mass is 16.3. The van der Waals surface area contributed by atoms with Gasteiger partial charge in [0.25, 0.3) is 0 Å². The van der Waals surface area contributed by atoms with Gasteiger partial charge in [-0.1, -0.05) is 11.6 Å². The van der Waals surface area contributed by atoms with Crippen LogP contribution in [0.15, 0.2) is 23.5 Å². The number of aliphatic hydroxyl groups excluding tert-OH is 1. The van der Waals surface area contributed by atoms with Gasteiger partial charge >= 0.3 is 0 Å². The van der Waals surface area contributed by atoms with Crippen LogP contribution in [0.3, 0.4) is 0 Å². The maximum atomic E-state index is 9.17. The summed E-state index contributed by atoms with van der Waals surface area (Å²) in [7, 11) is 0. The molecule has 2 rings (SSSR count). The molecule has 1 saturated carbocycles. The lowest BCUT2D eigenvalue weighted by molar-refractivity contribution is 0.361. The van der Waals surface area contributed by atoms with Crippen molar-refractivity contribution in [1.82, 2.24) is 0 Å². The molecule has 2 aliphatic rings. The molecule has 0 aromatic rings. The lowest BCUT2D eigenvalue weighted by Gasteiger charge is -2.14. The fourth-order valence-electron chi connectivity index (χ4n) is 1.92. The molecule has 0 aliphatic heterocycles. The fraction of sp³-hybridized carbons (Fsp3) is 0.556. The highest BCUT2D eigenvalue weighted by Crippen LogP contribution is 2.37. The van der Waals surface area contributed by atoms with E-state index in [4.69, 9.17) is 0 Å². The Hall–Kier alpha value is -0.720. The van der Waals surface area contributed by atoms with E-state index in [1.807, 2.05) is 6.08 Å². The van der Waals surface area contributed by atoms with Crippen molar-refractivity contribution in [3.8, 4) is 0 Å². The Balaban J connectivity index is 2.22. The van der Waals surface area contributed by atoms with Gasteiger partial charge in [0.2, 0.25) is 0 Å². The Morgan fingerprint density at radius 1 is 1.40 bits per heavy atom. The lowest BCUT2D eigenvalue weighted by atomic mass is 9.94. The number of hydrogen-bond donors (Lipinski definition) is 1. The first-order chi connectivity index (χ1) is 4.86. The summed E-state index contributed by atoms with van der Waals surface area (Å²) < 4.78 is 0. The Labute approximate surface area is 61.1 Å². The van der Waals surface area contributed by atoms with E-state index in [-0.39, 0.29) is 0 Å². The van der Waals surface area contributed by atoms with Crippen LogP contribution in [-0.4, -0.2) is 5.11 Å². The van der Waals surface area contributed by atoms with Crippen LogP contribution in [0.4, 0.5) is 0 Å². The molecular formula is C9H12O. The summed E-state index contributed by atoms with van der Waals surface area (Å²) >= 11 is 0. The molecule has 1 nitrogen and oxygen atoms in total. The third kappa shape index (κ3) is 0.859. The number of hydrogen-bond acceptors (Lipinski definition) is 1. The molecule has 0 aromatic heterocycles. The van der Waals surface area contributed by atoms with Crippen LogP contribution in [-0.2, 0) is 0 Å². The minimum absolute atomic E-state index is 0.565. The van der Waals surface area contributed by atoms with Crippen LogP contribution < -0.4 is 0 Å². The van der Waals surface area contributed by atoms with Crippen molar-refractivity contribution in [2.45, 2.75) is 25.7 Å². The second-order valence-electron chi connectivity index (χ2n) is 3.19. The molecule has 1 unspecified atom stereocenters. The molecule has 0 saturated heterocycles. The van der Waals surface area contributed by atoms with Gasteiger partial charge in [-0.05, 0) is 31.3 Å². The van der Waals surface area contributed by atoms with Crippen molar-refractivity contribution in [3.63, 3.8) is 0 Å². The molecule has 1 fully saturated rings. The smallest absolute Gasteiger partial charge is 0.0928 e. The van der Waals surface area contributed by atoms with Crippen LogP contribution in [0.25, 0.3) is 0 Å². The quantitative estimate of drug-likeness (QED) is 0.542. The first-order valence-corrected chi connectivity index (χ1v) is 3.95. The summed E-state index contributed by atoms with van der Waals surface area (Å²) in [6, 6.07) is 0. The molecule has 54 valence electrons. The molecule has 1 heteroatoms. The molecule has 0 radical (unpaired) electrons. The van der Waals surface area contributed by atoms with Crippen LogP contribution in [0.1, 0.15) is 25.7 Å². The van der Waals surface area contributed by atoms with Crippen molar-refractivity contribution in [1.29, 1.82) is 0 Å². The second kappa shape index (κ2) is 2.15. The highest BCUT2D eigenvalue weighted by molar-refractivity contribution is 5.25. The molecule has 0 spiro atoms. The number of allylic oxidation sites excluding steroid dienone is 4. The molecule has 10 heavy (non-hydrogen) atoms. The molecule has 0 bridgehead atoms. The Morgan fingerprint density at radius 3 is 3.20 bits per heavy atom. The third-order valence-corrected chi connectivity index (χ3v) is 2.49. The summed E-state index contributed by atoms with van der Waals surface area (Å²) in [6.45, 7) is 0. The highest BCUT2D eigenvalue weighted by Gasteiger charge is 2.23. The van der Waals surface area contributed by atoms with E-state index in [0.717, 1.165) is 6.42 Å². The van der Waals surface area contributed by atoms with E-state index in [0.29, 0.717) is 11.7 Å². The Morgan fingerprint density at radius 2 is 2.30 bits per heavy atom. The largest absolute Gasteiger partial charge is 0.512 e. The van der Waals surface area contributed by atoms with E-state index >= 15 is 0 Å². The molecule has 1 N–H and O–H groups in total. The zero-order valence-corrected chi connectivity index (χ0v) is 6.01. The number of aliphatic hydroxyl groups is 1. The van der Waals surface area contributed by atoms with Gasteiger partial charge in [-0.25, -0.2) is 0 Å². The summed E-state index contributed by atoms with van der Waals surface area (Å²) in [5.41, 5.74) is 1.55. The predicted octanol–water partition coefficient (Wildman–Crippen LogP) is 2.56. The predicted molar refractivity (Wildman–Crippen MR) is 40.8 cm³/mol. The van der Waals surface area contributed by atoms with Gasteiger partial charge in [0.15, 0.2) is 0 Å². The zero-order valence-electron chi connectivity index (χ0n) is 6.01. The molecule has 0 heterocycles. The van der Waals surface area contributed by atoms with Gasteiger partial charge in [-0.3, -0.25) is 0 Å². The summed E-state index contributed by atoms with van der Waals surface area (Å²) in [4.78, 5) is 0. The normalized spacial score (nSPS) is 31.0. The molecular weight excluding hydrogens is 124 g/mol. The molecule has 0 amide bonds. The van der Waals surface area contributed by atoms with Crippen molar-refractivity contribution >= 4 is 0 Å². The minimum Gasteiger partial charge on any atom is -0.512 e. The fourth-order valence-corrected chi connectivity index (χ4v) is 1.92. The van der Waals surface area contributed by atoms with Crippen LogP contribution in [0.2, 0.25) is 0 Å². The maximum Gasteiger partial charge on any atom is 0.0928 e. The SMILES string of the molecule is OC1=CC=C2CCCC2C1. The van der Waals surface area contributed by atoms with E-state index < -0.39 is 0 Å². The van der Waals surface area contributed by atoms with Crippen molar-refractivity contribution < 1.29 is 5.11 Å². The second-order valence-corrected chi connectivity index (χ2v) is 3.19. The standard InChI is InChI=1S/C9H12O/c10-9-5-4-7-2-1-3-8(7)6-9/h4-5,8,10H,1-3,6H2. The van der Waals surface area contributed by atoms with Crippen LogP contribution >= 0.6 is 0 Å². The van der Waals surface area contributed by atoms with Crippen LogP contribution in [0.5, 0.6) is 0 Å². The Bertz CT molecular complexity index is 201. The molecule has 0 aromatic carbocycles. The van der Waals surface area contributed by atoms with Crippen molar-refractivity contribution in [3.05, 3.63) is 23.5 Å². The Kier molecular flexibility index (Phi) is 1.30. The summed E-state index contributed by atoms with van der Waals surface area (Å²) in [5, 5.41) is 9.17. The molecule has 2 aliphatic carbocycles. The summed E-state index contributed by atoms with van der Waals surface area (Å²) in [5.74, 6) is 1.25. The van der Waals surface area contributed by atoms with Crippen LogP contribution in [0, 0.1) is 5.92 Å². The van der Waals surface area contributed by atoms with Gasteiger partial charge in [0, 0.05) is 6.42 Å². The van der Waals surface area contributed by atoms with Gasteiger partial charge in [-0.15, -0.1) is 0 Å².